The standard InChI is InChI=1S/C9H12.C8H16.C8H10/c1-3-9-7-5-4-6-8(9)2;2*1-7-5-3-4-6-8(7)2/h4-7H,3H2,1-2H3;7-8H,3-6H2,1-2H3;3-6H,1-2H3/t;7-,8+;. The van der Waals surface area contributed by atoms with E-state index in [0.29, 0.717) is 0 Å². The number of hydrogen-bond donors (Lipinski definition) is 0. The fraction of sp³-hybridized carbons (Fsp3) is 0.520. The minimum absolute atomic E-state index is 1.00. The van der Waals surface area contributed by atoms with Crippen LogP contribution in [-0.4, -0.2) is 0 Å². The smallest absolute Gasteiger partial charge is 0.0305 e. The van der Waals surface area contributed by atoms with Crippen molar-refractivity contribution in [3.63, 3.8) is 0 Å². The molecule has 0 bridgehead atoms. The molecule has 2 aromatic rings. The van der Waals surface area contributed by atoms with Crippen molar-refractivity contribution in [2.75, 3.05) is 0 Å². The van der Waals surface area contributed by atoms with Crippen molar-refractivity contribution in [1.82, 2.24) is 0 Å². The highest BCUT2D eigenvalue weighted by Crippen LogP contribution is 2.28. The molecule has 3 rings (SSSR count). The van der Waals surface area contributed by atoms with Crippen LogP contribution in [0.3, 0.4) is 0 Å². The Kier molecular flexibility index (Phi) is 10.2. The monoisotopic (exact) mass is 338 g/mol. The van der Waals surface area contributed by atoms with Crippen molar-refractivity contribution >= 4 is 0 Å². The second kappa shape index (κ2) is 11.9. The van der Waals surface area contributed by atoms with Gasteiger partial charge in [0, 0.05) is 0 Å². The van der Waals surface area contributed by atoms with Gasteiger partial charge in [-0.15, -0.1) is 0 Å². The van der Waals surface area contributed by atoms with E-state index in [0.717, 1.165) is 18.3 Å². The van der Waals surface area contributed by atoms with Crippen LogP contribution in [0.15, 0.2) is 48.5 Å². The van der Waals surface area contributed by atoms with Crippen molar-refractivity contribution in [1.29, 1.82) is 0 Å². The van der Waals surface area contributed by atoms with Crippen LogP contribution in [-0.2, 0) is 6.42 Å². The Hall–Kier alpha value is -1.56. The van der Waals surface area contributed by atoms with E-state index in [2.05, 4.69) is 90.1 Å². The van der Waals surface area contributed by atoms with Crippen LogP contribution in [0.25, 0.3) is 0 Å². The summed E-state index contributed by atoms with van der Waals surface area (Å²) >= 11 is 0. The molecule has 0 heteroatoms. The van der Waals surface area contributed by atoms with Gasteiger partial charge in [0.25, 0.3) is 0 Å². The summed E-state index contributed by atoms with van der Waals surface area (Å²) in [5.74, 6) is 2.01. The van der Waals surface area contributed by atoms with E-state index < -0.39 is 0 Å². The summed E-state index contributed by atoms with van der Waals surface area (Å²) in [6, 6.07) is 16.9. The lowest BCUT2D eigenvalue weighted by atomic mass is 9.82. The third-order valence-corrected chi connectivity index (χ3v) is 5.61. The lowest BCUT2D eigenvalue weighted by Gasteiger charge is -2.24. The molecule has 0 amide bonds. The summed E-state index contributed by atoms with van der Waals surface area (Å²) in [6.45, 7) is 13.3. The van der Waals surface area contributed by atoms with Gasteiger partial charge in [0.15, 0.2) is 0 Å². The van der Waals surface area contributed by atoms with Crippen molar-refractivity contribution in [2.45, 2.75) is 73.6 Å². The first-order chi connectivity index (χ1) is 12.0. The Morgan fingerprint density at radius 2 is 1.08 bits per heavy atom. The maximum Gasteiger partial charge on any atom is -0.0305 e. The summed E-state index contributed by atoms with van der Waals surface area (Å²) in [5, 5.41) is 0. The first kappa shape index (κ1) is 21.5. The van der Waals surface area contributed by atoms with Gasteiger partial charge < -0.3 is 0 Å². The Morgan fingerprint density at radius 1 is 0.680 bits per heavy atom. The van der Waals surface area contributed by atoms with Gasteiger partial charge in [0.05, 0.1) is 0 Å². The Bertz CT molecular complexity index is 565. The molecule has 1 aliphatic carbocycles. The number of rotatable bonds is 1. The molecule has 0 aromatic heterocycles. The van der Waals surface area contributed by atoms with Crippen molar-refractivity contribution in [3.05, 3.63) is 70.8 Å². The molecule has 0 radical (unpaired) electrons. The minimum Gasteiger partial charge on any atom is -0.0623 e. The van der Waals surface area contributed by atoms with Gasteiger partial charge >= 0.3 is 0 Å². The zero-order valence-corrected chi connectivity index (χ0v) is 17.3. The molecule has 1 aliphatic rings. The number of hydrogen-bond acceptors (Lipinski definition) is 0. The van der Waals surface area contributed by atoms with Crippen LogP contribution in [0.5, 0.6) is 0 Å². The van der Waals surface area contributed by atoms with Crippen LogP contribution < -0.4 is 0 Å². The van der Waals surface area contributed by atoms with Crippen molar-refractivity contribution in [3.8, 4) is 0 Å². The highest BCUT2D eigenvalue weighted by atomic mass is 14.2. The highest BCUT2D eigenvalue weighted by molar-refractivity contribution is 5.25. The molecule has 0 aliphatic heterocycles. The predicted molar refractivity (Wildman–Crippen MR) is 113 cm³/mol. The third-order valence-electron chi connectivity index (χ3n) is 5.61. The lowest BCUT2D eigenvalue weighted by Crippen LogP contribution is -2.12. The molecule has 0 saturated heterocycles. The third kappa shape index (κ3) is 8.38. The van der Waals surface area contributed by atoms with E-state index in [4.69, 9.17) is 0 Å². The normalized spacial score (nSPS) is 19.1. The van der Waals surface area contributed by atoms with E-state index in [1.54, 1.807) is 0 Å². The Morgan fingerprint density at radius 3 is 1.36 bits per heavy atom. The van der Waals surface area contributed by atoms with Crippen molar-refractivity contribution in [2.24, 2.45) is 11.8 Å². The molecule has 0 heterocycles. The van der Waals surface area contributed by atoms with E-state index in [9.17, 15) is 0 Å². The number of aryl methyl sites for hydroxylation is 4. The molecule has 138 valence electrons. The molecule has 25 heavy (non-hydrogen) atoms. The summed E-state index contributed by atoms with van der Waals surface area (Å²) < 4.78 is 0. The molecule has 1 saturated carbocycles. The Labute approximate surface area is 156 Å². The van der Waals surface area contributed by atoms with Gasteiger partial charge in [0.2, 0.25) is 0 Å². The summed E-state index contributed by atoms with van der Waals surface area (Å²) in [7, 11) is 0. The maximum absolute atomic E-state index is 2.38. The highest BCUT2D eigenvalue weighted by Gasteiger charge is 2.15. The van der Waals surface area contributed by atoms with Gasteiger partial charge in [-0.05, 0) is 61.3 Å². The second-order valence-corrected chi connectivity index (χ2v) is 7.60. The van der Waals surface area contributed by atoms with Gasteiger partial charge in [0.1, 0.15) is 0 Å². The fourth-order valence-corrected chi connectivity index (χ4v) is 3.17. The zero-order chi connectivity index (χ0) is 18.7. The molecule has 0 nitrogen and oxygen atoms in total. The summed E-state index contributed by atoms with van der Waals surface area (Å²) in [5.41, 5.74) is 5.59. The van der Waals surface area contributed by atoms with Gasteiger partial charge in [-0.2, -0.15) is 0 Å². The zero-order valence-electron chi connectivity index (χ0n) is 17.3. The molecule has 2 atom stereocenters. The molecule has 0 unspecified atom stereocenters. The topological polar surface area (TPSA) is 0 Å². The van der Waals surface area contributed by atoms with E-state index in [-0.39, 0.29) is 0 Å². The molecular formula is C25H38. The average molecular weight is 339 g/mol. The Balaban J connectivity index is 0.000000188. The average Bonchev–Trinajstić information content (AvgIpc) is 2.62. The molecule has 0 N–H and O–H groups in total. The lowest BCUT2D eigenvalue weighted by molar-refractivity contribution is 0.277. The van der Waals surface area contributed by atoms with Gasteiger partial charge in [-0.25, -0.2) is 0 Å². The molecular weight excluding hydrogens is 300 g/mol. The van der Waals surface area contributed by atoms with Crippen LogP contribution in [0, 0.1) is 32.6 Å². The SMILES string of the molecule is CCc1ccccc1C.C[C@@H]1CCCC[C@@H]1C.Cc1ccccc1C. The second-order valence-electron chi connectivity index (χ2n) is 7.60. The summed E-state index contributed by atoms with van der Waals surface area (Å²) in [6.07, 6.45) is 7.05. The first-order valence-corrected chi connectivity index (χ1v) is 10.0. The largest absolute Gasteiger partial charge is 0.0623 e. The van der Waals surface area contributed by atoms with Crippen molar-refractivity contribution < 1.29 is 0 Å². The predicted octanol–water partition coefficient (Wildman–Crippen LogP) is 7.69. The molecule has 0 spiro atoms. The van der Waals surface area contributed by atoms with Crippen LogP contribution in [0.4, 0.5) is 0 Å². The first-order valence-electron chi connectivity index (χ1n) is 10.0. The fourth-order valence-electron chi connectivity index (χ4n) is 3.17. The van der Waals surface area contributed by atoms with Gasteiger partial charge in [-0.1, -0.05) is 95.0 Å². The summed E-state index contributed by atoms with van der Waals surface area (Å²) in [4.78, 5) is 0. The van der Waals surface area contributed by atoms with Crippen LogP contribution in [0.2, 0.25) is 0 Å². The minimum atomic E-state index is 1.00. The van der Waals surface area contributed by atoms with E-state index in [1.807, 2.05) is 0 Å². The quantitative estimate of drug-likeness (QED) is 0.500. The van der Waals surface area contributed by atoms with Gasteiger partial charge in [-0.3, -0.25) is 0 Å². The molecule has 2 aromatic carbocycles. The van der Waals surface area contributed by atoms with E-state index >= 15 is 0 Å². The molecule has 1 fully saturated rings. The maximum atomic E-state index is 2.38. The van der Waals surface area contributed by atoms with Crippen LogP contribution >= 0.6 is 0 Å². The van der Waals surface area contributed by atoms with Crippen LogP contribution in [0.1, 0.15) is 68.7 Å². The number of benzene rings is 2. The van der Waals surface area contributed by atoms with E-state index in [1.165, 1.54) is 47.9 Å².